The van der Waals surface area contributed by atoms with Crippen molar-refractivity contribution >= 4 is 11.6 Å². The molecule has 0 bridgehead atoms. The molecule has 0 unspecified atom stereocenters. The maximum Gasteiger partial charge on any atom is 0.247 e. The average Bonchev–Trinajstić information content (AvgIpc) is 3.33. The highest BCUT2D eigenvalue weighted by molar-refractivity contribution is 5.99. The number of anilines is 1. The smallest absolute Gasteiger partial charge is 0.247 e. The van der Waals surface area contributed by atoms with E-state index in [2.05, 4.69) is 32.2 Å². The highest BCUT2D eigenvalue weighted by atomic mass is 16.3. The Balaban J connectivity index is 1.20. The molecule has 0 atom stereocenters. The number of rotatable bonds is 6. The van der Waals surface area contributed by atoms with Crippen LogP contribution in [-0.4, -0.2) is 34.1 Å². The summed E-state index contributed by atoms with van der Waals surface area (Å²) in [6.07, 6.45) is 4.03. The molecule has 6 heteroatoms. The van der Waals surface area contributed by atoms with E-state index in [0.717, 1.165) is 48.6 Å². The van der Waals surface area contributed by atoms with Crippen molar-refractivity contribution in [2.75, 3.05) is 18.0 Å². The normalized spacial score (nSPS) is 14.4. The van der Waals surface area contributed by atoms with Crippen molar-refractivity contribution < 1.29 is 9.21 Å². The second-order valence-electron chi connectivity index (χ2n) is 8.52. The van der Waals surface area contributed by atoms with Gasteiger partial charge in [0.15, 0.2) is 11.6 Å². The number of aromatic nitrogens is 3. The third kappa shape index (κ3) is 4.70. The van der Waals surface area contributed by atoms with Crippen molar-refractivity contribution in [3.63, 3.8) is 0 Å². The first kappa shape index (κ1) is 21.1. The van der Waals surface area contributed by atoms with E-state index in [0.29, 0.717) is 18.0 Å². The molecule has 1 saturated heterocycles. The first-order chi connectivity index (χ1) is 16.2. The van der Waals surface area contributed by atoms with Gasteiger partial charge < -0.3 is 9.32 Å². The third-order valence-corrected chi connectivity index (χ3v) is 6.25. The zero-order valence-electron chi connectivity index (χ0n) is 18.6. The van der Waals surface area contributed by atoms with Gasteiger partial charge in [0, 0.05) is 31.0 Å². The quantitative estimate of drug-likeness (QED) is 0.389. The number of carbonyl (C=O) groups is 1. The van der Waals surface area contributed by atoms with E-state index in [1.54, 1.807) is 6.26 Å². The zero-order valence-corrected chi connectivity index (χ0v) is 18.6. The number of ketones is 1. The number of benzene rings is 2. The Labute approximate surface area is 193 Å². The van der Waals surface area contributed by atoms with E-state index in [-0.39, 0.29) is 11.7 Å². The second kappa shape index (κ2) is 9.36. The molecular formula is C27H26N4O2. The monoisotopic (exact) mass is 438 g/mol. The molecule has 4 aromatic rings. The molecule has 166 valence electrons. The van der Waals surface area contributed by atoms with Crippen molar-refractivity contribution in [1.29, 1.82) is 0 Å². The molecule has 1 aliphatic rings. The van der Waals surface area contributed by atoms with Gasteiger partial charge in [0.25, 0.3) is 0 Å². The van der Waals surface area contributed by atoms with Gasteiger partial charge in [-0.1, -0.05) is 54.6 Å². The molecule has 33 heavy (non-hydrogen) atoms. The van der Waals surface area contributed by atoms with Crippen LogP contribution < -0.4 is 4.90 Å². The molecular weight excluding hydrogens is 412 g/mol. The van der Waals surface area contributed by atoms with Gasteiger partial charge in [0.1, 0.15) is 12.0 Å². The minimum Gasteiger partial charge on any atom is -0.443 e. The molecule has 2 aromatic carbocycles. The molecule has 0 radical (unpaired) electrons. The summed E-state index contributed by atoms with van der Waals surface area (Å²) < 4.78 is 5.64. The van der Waals surface area contributed by atoms with Gasteiger partial charge in [0.05, 0.1) is 5.69 Å². The number of aryl methyl sites for hydroxylation is 1. The summed E-state index contributed by atoms with van der Waals surface area (Å²) in [7, 11) is 0. The first-order valence-electron chi connectivity index (χ1n) is 11.3. The van der Waals surface area contributed by atoms with Crippen molar-refractivity contribution in [2.45, 2.75) is 26.2 Å². The predicted octanol–water partition coefficient (Wildman–Crippen LogP) is 5.13. The van der Waals surface area contributed by atoms with Crippen LogP contribution in [0.1, 0.15) is 40.0 Å². The molecule has 2 aromatic heterocycles. The van der Waals surface area contributed by atoms with Gasteiger partial charge in [-0.3, -0.25) is 4.79 Å². The molecule has 1 aliphatic heterocycles. The molecule has 6 nitrogen and oxygen atoms in total. The van der Waals surface area contributed by atoms with Gasteiger partial charge in [-0.25, -0.2) is 4.98 Å². The van der Waals surface area contributed by atoms with Gasteiger partial charge in [-0.2, -0.15) is 0 Å². The van der Waals surface area contributed by atoms with E-state index in [1.165, 1.54) is 5.56 Å². The Bertz CT molecular complexity index is 1230. The fourth-order valence-electron chi connectivity index (χ4n) is 4.36. The third-order valence-electron chi connectivity index (χ3n) is 6.25. The molecule has 5 rings (SSSR count). The molecule has 1 fully saturated rings. The lowest BCUT2D eigenvalue weighted by Crippen LogP contribution is -2.37. The van der Waals surface area contributed by atoms with Crippen LogP contribution in [0, 0.1) is 12.8 Å². The van der Waals surface area contributed by atoms with Crippen LogP contribution in [0.5, 0.6) is 0 Å². The van der Waals surface area contributed by atoms with Crippen LogP contribution in [-0.2, 0) is 6.42 Å². The minimum atomic E-state index is 0.0601. The van der Waals surface area contributed by atoms with Gasteiger partial charge in [-0.05, 0) is 43.0 Å². The Morgan fingerprint density at radius 2 is 1.73 bits per heavy atom. The molecule has 0 aliphatic carbocycles. The SMILES string of the molecule is Cc1ccccc1C(=O)C1CCN(c2ccc(-c3nc(Cc4ccccc4)co3)nn2)CC1. The summed E-state index contributed by atoms with van der Waals surface area (Å²) in [6.45, 7) is 3.57. The summed E-state index contributed by atoms with van der Waals surface area (Å²) >= 11 is 0. The van der Waals surface area contributed by atoms with Crippen LogP contribution in [0.3, 0.4) is 0 Å². The van der Waals surface area contributed by atoms with Gasteiger partial charge >= 0.3 is 0 Å². The molecule has 0 spiro atoms. The number of nitrogens with zero attached hydrogens (tertiary/aromatic N) is 4. The Hall–Kier alpha value is -3.80. The van der Waals surface area contributed by atoms with Crippen LogP contribution in [0.25, 0.3) is 11.6 Å². The maximum absolute atomic E-state index is 12.9. The number of piperidine rings is 1. The first-order valence-corrected chi connectivity index (χ1v) is 11.3. The average molecular weight is 439 g/mol. The van der Waals surface area contributed by atoms with E-state index in [4.69, 9.17) is 4.42 Å². The largest absolute Gasteiger partial charge is 0.443 e. The summed E-state index contributed by atoms with van der Waals surface area (Å²) in [5.74, 6) is 1.61. The lowest BCUT2D eigenvalue weighted by Gasteiger charge is -2.32. The fraction of sp³-hybridized carbons (Fsp3) is 0.259. The summed E-state index contributed by atoms with van der Waals surface area (Å²) in [4.78, 5) is 19.7. The van der Waals surface area contributed by atoms with Crippen molar-refractivity contribution in [3.8, 4) is 11.6 Å². The van der Waals surface area contributed by atoms with Gasteiger partial charge in [0.2, 0.25) is 5.89 Å². The summed E-state index contributed by atoms with van der Waals surface area (Å²) in [6, 6.07) is 21.9. The van der Waals surface area contributed by atoms with Crippen LogP contribution in [0.4, 0.5) is 5.82 Å². The van der Waals surface area contributed by atoms with E-state index < -0.39 is 0 Å². The molecule has 0 saturated carbocycles. The van der Waals surface area contributed by atoms with E-state index in [1.807, 2.05) is 61.5 Å². The lowest BCUT2D eigenvalue weighted by molar-refractivity contribution is 0.0900. The Morgan fingerprint density at radius 3 is 2.45 bits per heavy atom. The Morgan fingerprint density at radius 1 is 0.970 bits per heavy atom. The van der Waals surface area contributed by atoms with Crippen LogP contribution >= 0.6 is 0 Å². The topological polar surface area (TPSA) is 72.1 Å². The van der Waals surface area contributed by atoms with Gasteiger partial charge in [-0.15, -0.1) is 10.2 Å². The minimum absolute atomic E-state index is 0.0601. The number of hydrogen-bond donors (Lipinski definition) is 0. The van der Waals surface area contributed by atoms with Crippen molar-refractivity contribution in [2.24, 2.45) is 5.92 Å². The van der Waals surface area contributed by atoms with Crippen LogP contribution in [0.2, 0.25) is 0 Å². The maximum atomic E-state index is 12.9. The molecule has 3 heterocycles. The van der Waals surface area contributed by atoms with Crippen LogP contribution in [0.15, 0.2) is 77.4 Å². The molecule has 0 amide bonds. The zero-order chi connectivity index (χ0) is 22.6. The number of carbonyl (C=O) groups excluding carboxylic acids is 1. The second-order valence-corrected chi connectivity index (χ2v) is 8.52. The number of Topliss-reactive ketones (excluding diaryl/α,β-unsaturated/α-hetero) is 1. The number of oxazole rings is 1. The van der Waals surface area contributed by atoms with E-state index in [9.17, 15) is 4.79 Å². The standard InChI is InChI=1S/C27H26N4O2/c1-19-7-5-6-10-23(19)26(32)21-13-15-31(16-14-21)25-12-11-24(29-30-25)27-28-22(18-33-27)17-20-8-3-2-4-9-20/h2-12,18,21H,13-17H2,1H3. The van der Waals surface area contributed by atoms with Crippen molar-refractivity contribution in [1.82, 2.24) is 15.2 Å². The molecule has 0 N–H and O–H groups in total. The summed E-state index contributed by atoms with van der Waals surface area (Å²) in [5, 5.41) is 8.75. The van der Waals surface area contributed by atoms with Crippen molar-refractivity contribution in [3.05, 3.63) is 95.4 Å². The fourth-order valence-corrected chi connectivity index (χ4v) is 4.36. The Kier molecular flexibility index (Phi) is 5.98. The highest BCUT2D eigenvalue weighted by Crippen LogP contribution is 2.26. The van der Waals surface area contributed by atoms with E-state index >= 15 is 0 Å². The summed E-state index contributed by atoms with van der Waals surface area (Å²) in [5.41, 5.74) is 4.55. The lowest BCUT2D eigenvalue weighted by atomic mass is 9.87. The predicted molar refractivity (Wildman–Crippen MR) is 127 cm³/mol. The highest BCUT2D eigenvalue weighted by Gasteiger charge is 2.27. The number of hydrogen-bond acceptors (Lipinski definition) is 6.